The normalized spacial score (nSPS) is 16.3. The molecule has 0 spiro atoms. The van der Waals surface area contributed by atoms with Crippen LogP contribution in [-0.4, -0.2) is 25.1 Å². The van der Waals surface area contributed by atoms with Gasteiger partial charge < -0.3 is 10.3 Å². The van der Waals surface area contributed by atoms with Gasteiger partial charge in [-0.3, -0.25) is 0 Å². The van der Waals surface area contributed by atoms with E-state index in [1.54, 1.807) is 12.1 Å². The average Bonchev–Trinajstić information content (AvgIpc) is 3.01. The van der Waals surface area contributed by atoms with Gasteiger partial charge in [-0.25, -0.2) is 13.1 Å². The van der Waals surface area contributed by atoms with Gasteiger partial charge in [-0.05, 0) is 49.4 Å². The molecule has 2 aromatic rings. The predicted molar refractivity (Wildman–Crippen MR) is 96.7 cm³/mol. The lowest BCUT2D eigenvalue weighted by Crippen LogP contribution is -2.44. The van der Waals surface area contributed by atoms with Crippen molar-refractivity contribution in [3.05, 3.63) is 30.1 Å². The lowest BCUT2D eigenvalue weighted by atomic mass is 9.77. The van der Waals surface area contributed by atoms with Crippen LogP contribution in [0.1, 0.15) is 38.9 Å². The average molecular weight is 387 g/mol. The number of hydrogen-bond acceptors (Lipinski definition) is 6. The van der Waals surface area contributed by atoms with Gasteiger partial charge in [-0.2, -0.15) is 4.98 Å². The standard InChI is InChI=1S/C16H22N4O3S.ClH/c1-11(2)10-18-24(21,22)13-6-4-12(5-7-13)14-19-15(20-23-14)16(17)8-3-9-16;/h4-7,11,18H,3,8-10,17H2,1-2H3;1H. The maximum Gasteiger partial charge on any atom is 0.257 e. The first-order valence-electron chi connectivity index (χ1n) is 8.03. The zero-order valence-corrected chi connectivity index (χ0v) is 15.9. The van der Waals surface area contributed by atoms with Crippen LogP contribution < -0.4 is 10.5 Å². The van der Waals surface area contributed by atoms with E-state index < -0.39 is 15.6 Å². The van der Waals surface area contributed by atoms with Crippen LogP contribution in [-0.2, 0) is 15.6 Å². The van der Waals surface area contributed by atoms with Crippen molar-refractivity contribution in [2.75, 3.05) is 6.54 Å². The number of benzene rings is 1. The minimum atomic E-state index is -3.50. The molecule has 1 aromatic carbocycles. The molecule has 0 atom stereocenters. The highest BCUT2D eigenvalue weighted by atomic mass is 35.5. The molecule has 25 heavy (non-hydrogen) atoms. The fourth-order valence-electron chi connectivity index (χ4n) is 2.46. The van der Waals surface area contributed by atoms with Crippen LogP contribution in [0.25, 0.3) is 11.5 Å². The van der Waals surface area contributed by atoms with Crippen molar-refractivity contribution < 1.29 is 12.9 Å². The smallest absolute Gasteiger partial charge is 0.257 e. The summed E-state index contributed by atoms with van der Waals surface area (Å²) in [7, 11) is -3.50. The molecule has 0 amide bonds. The number of nitrogens with one attached hydrogen (secondary N) is 1. The van der Waals surface area contributed by atoms with Crippen LogP contribution in [0.4, 0.5) is 0 Å². The van der Waals surface area contributed by atoms with E-state index in [0.29, 0.717) is 23.8 Å². The summed E-state index contributed by atoms with van der Waals surface area (Å²) in [6.07, 6.45) is 2.77. The van der Waals surface area contributed by atoms with E-state index in [1.807, 2.05) is 13.8 Å². The fraction of sp³-hybridized carbons (Fsp3) is 0.500. The van der Waals surface area contributed by atoms with Gasteiger partial charge in [0.1, 0.15) is 0 Å². The molecule has 3 rings (SSSR count). The molecule has 0 aliphatic heterocycles. The molecular formula is C16H23ClN4O3S. The Labute approximate surface area is 153 Å². The number of nitrogens with zero attached hydrogens (tertiary/aromatic N) is 2. The monoisotopic (exact) mass is 386 g/mol. The predicted octanol–water partition coefficient (Wildman–Crippen LogP) is 2.43. The van der Waals surface area contributed by atoms with E-state index >= 15 is 0 Å². The second-order valence-corrected chi connectivity index (χ2v) is 8.47. The van der Waals surface area contributed by atoms with Crippen molar-refractivity contribution in [3.8, 4) is 11.5 Å². The zero-order chi connectivity index (χ0) is 17.4. The molecule has 0 saturated heterocycles. The first-order valence-corrected chi connectivity index (χ1v) is 9.52. The molecule has 1 saturated carbocycles. The van der Waals surface area contributed by atoms with Crippen LogP contribution in [0.5, 0.6) is 0 Å². The van der Waals surface area contributed by atoms with Gasteiger partial charge in [0, 0.05) is 12.1 Å². The topological polar surface area (TPSA) is 111 Å². The van der Waals surface area contributed by atoms with Gasteiger partial charge in [-0.1, -0.05) is 19.0 Å². The molecule has 1 aliphatic rings. The Hall–Kier alpha value is -1.48. The molecule has 1 aromatic heterocycles. The van der Waals surface area contributed by atoms with E-state index in [0.717, 1.165) is 19.3 Å². The van der Waals surface area contributed by atoms with Gasteiger partial charge in [0.15, 0.2) is 5.82 Å². The van der Waals surface area contributed by atoms with Crippen molar-refractivity contribution in [2.45, 2.75) is 43.5 Å². The fourth-order valence-corrected chi connectivity index (χ4v) is 3.67. The summed E-state index contributed by atoms with van der Waals surface area (Å²) in [6.45, 7) is 4.30. The third-order valence-electron chi connectivity index (χ3n) is 4.21. The highest BCUT2D eigenvalue weighted by Crippen LogP contribution is 2.37. The van der Waals surface area contributed by atoms with E-state index in [2.05, 4.69) is 14.9 Å². The van der Waals surface area contributed by atoms with Crippen molar-refractivity contribution in [2.24, 2.45) is 11.7 Å². The Bertz CT molecular complexity index is 814. The summed E-state index contributed by atoms with van der Waals surface area (Å²) in [5.41, 5.74) is 6.37. The summed E-state index contributed by atoms with van der Waals surface area (Å²) in [5.74, 6) is 1.10. The maximum atomic E-state index is 12.2. The van der Waals surface area contributed by atoms with Crippen LogP contribution in [0.2, 0.25) is 0 Å². The quantitative estimate of drug-likeness (QED) is 0.788. The lowest BCUT2D eigenvalue weighted by Gasteiger charge is -2.34. The first-order chi connectivity index (χ1) is 11.3. The lowest BCUT2D eigenvalue weighted by molar-refractivity contribution is 0.229. The third-order valence-corrected chi connectivity index (χ3v) is 5.65. The highest BCUT2D eigenvalue weighted by molar-refractivity contribution is 7.89. The van der Waals surface area contributed by atoms with Gasteiger partial charge in [-0.15, -0.1) is 12.4 Å². The molecule has 3 N–H and O–H groups in total. The molecule has 1 heterocycles. The van der Waals surface area contributed by atoms with Gasteiger partial charge in [0.25, 0.3) is 5.89 Å². The summed E-state index contributed by atoms with van der Waals surface area (Å²) in [6, 6.07) is 6.38. The largest absolute Gasteiger partial charge is 0.334 e. The molecular weight excluding hydrogens is 364 g/mol. The molecule has 0 bridgehead atoms. The number of nitrogens with two attached hydrogens (primary N) is 1. The number of hydrogen-bond donors (Lipinski definition) is 2. The molecule has 9 heteroatoms. The zero-order valence-electron chi connectivity index (χ0n) is 14.2. The van der Waals surface area contributed by atoms with Gasteiger partial charge in [0.2, 0.25) is 10.0 Å². The molecule has 0 radical (unpaired) electrons. The highest BCUT2D eigenvalue weighted by Gasteiger charge is 2.39. The Balaban J connectivity index is 0.00000225. The Morgan fingerprint density at radius 3 is 2.44 bits per heavy atom. The van der Waals surface area contributed by atoms with E-state index in [9.17, 15) is 8.42 Å². The summed E-state index contributed by atoms with van der Waals surface area (Å²) >= 11 is 0. The third kappa shape index (κ3) is 4.20. The Morgan fingerprint density at radius 1 is 1.28 bits per heavy atom. The van der Waals surface area contributed by atoms with Crippen LogP contribution in [0.15, 0.2) is 33.7 Å². The molecule has 138 valence electrons. The van der Waals surface area contributed by atoms with Crippen molar-refractivity contribution in [1.82, 2.24) is 14.9 Å². The van der Waals surface area contributed by atoms with E-state index in [4.69, 9.17) is 10.3 Å². The first kappa shape index (κ1) is 19.8. The number of aromatic nitrogens is 2. The number of halogens is 1. The minimum Gasteiger partial charge on any atom is -0.334 e. The summed E-state index contributed by atoms with van der Waals surface area (Å²) in [4.78, 5) is 4.57. The molecule has 1 aliphatic carbocycles. The second kappa shape index (κ2) is 7.41. The van der Waals surface area contributed by atoms with E-state index in [1.165, 1.54) is 12.1 Å². The van der Waals surface area contributed by atoms with Crippen molar-refractivity contribution >= 4 is 22.4 Å². The Morgan fingerprint density at radius 2 is 1.92 bits per heavy atom. The van der Waals surface area contributed by atoms with Crippen molar-refractivity contribution in [3.63, 3.8) is 0 Å². The van der Waals surface area contributed by atoms with Gasteiger partial charge in [0.05, 0.1) is 10.4 Å². The van der Waals surface area contributed by atoms with Crippen molar-refractivity contribution in [1.29, 1.82) is 0 Å². The summed E-state index contributed by atoms with van der Waals surface area (Å²) in [5, 5.41) is 3.96. The molecule has 7 nitrogen and oxygen atoms in total. The van der Waals surface area contributed by atoms with E-state index in [-0.39, 0.29) is 23.2 Å². The van der Waals surface area contributed by atoms with Gasteiger partial charge >= 0.3 is 0 Å². The minimum absolute atomic E-state index is 0. The molecule has 0 unspecified atom stereocenters. The number of sulfonamides is 1. The SMILES string of the molecule is CC(C)CNS(=O)(=O)c1ccc(-c2nc(C3(N)CCC3)no2)cc1.Cl. The maximum absolute atomic E-state index is 12.2. The summed E-state index contributed by atoms with van der Waals surface area (Å²) < 4.78 is 32.2. The van der Waals surface area contributed by atoms with Crippen LogP contribution in [0.3, 0.4) is 0 Å². The van der Waals surface area contributed by atoms with Crippen LogP contribution in [0, 0.1) is 5.92 Å². The Kier molecular flexibility index (Phi) is 5.88. The number of rotatable bonds is 6. The molecule has 1 fully saturated rings. The second-order valence-electron chi connectivity index (χ2n) is 6.70. The van der Waals surface area contributed by atoms with Crippen LogP contribution >= 0.6 is 12.4 Å².